The molecule has 0 radical (unpaired) electrons. The lowest BCUT2D eigenvalue weighted by Gasteiger charge is -2.15. The van der Waals surface area contributed by atoms with Crippen molar-refractivity contribution >= 4 is 17.6 Å². The van der Waals surface area contributed by atoms with Gasteiger partial charge in [-0.05, 0) is 31.4 Å². The molecule has 0 saturated heterocycles. The van der Waals surface area contributed by atoms with Gasteiger partial charge < -0.3 is 16.4 Å². The number of hydrogen-bond donors (Lipinski definition) is 3. The van der Waals surface area contributed by atoms with E-state index in [9.17, 15) is 18.0 Å². The summed E-state index contributed by atoms with van der Waals surface area (Å²) in [6.07, 6.45) is 3.08. The number of guanidine groups is 1. The van der Waals surface area contributed by atoms with Gasteiger partial charge in [-0.15, -0.1) is 0 Å². The van der Waals surface area contributed by atoms with Gasteiger partial charge in [-0.25, -0.2) is 18.2 Å². The van der Waals surface area contributed by atoms with Gasteiger partial charge in [-0.1, -0.05) is 26.7 Å². The van der Waals surface area contributed by atoms with Gasteiger partial charge in [0.1, 0.15) is 6.54 Å². The van der Waals surface area contributed by atoms with Crippen molar-refractivity contribution in [1.82, 2.24) is 5.32 Å². The molecule has 25 heavy (non-hydrogen) atoms. The first-order chi connectivity index (χ1) is 11.7. The molecule has 0 heterocycles. The molecule has 0 spiro atoms. The first-order valence-electron chi connectivity index (χ1n) is 8.20. The third kappa shape index (κ3) is 7.45. The van der Waals surface area contributed by atoms with Crippen molar-refractivity contribution in [2.45, 2.75) is 46.1 Å². The first-order valence-corrected chi connectivity index (χ1v) is 8.20. The highest BCUT2D eigenvalue weighted by Gasteiger charge is 2.15. The predicted octanol–water partition coefficient (Wildman–Crippen LogP) is 3.16. The molecule has 5 nitrogen and oxygen atoms in total. The van der Waals surface area contributed by atoms with E-state index in [1.165, 1.54) is 0 Å². The highest BCUT2D eigenvalue weighted by molar-refractivity contribution is 5.94. The first kappa shape index (κ1) is 20.8. The van der Waals surface area contributed by atoms with Crippen molar-refractivity contribution in [2.24, 2.45) is 16.6 Å². The molecule has 4 N–H and O–H groups in total. The molecule has 1 amide bonds. The van der Waals surface area contributed by atoms with Gasteiger partial charge >= 0.3 is 0 Å². The van der Waals surface area contributed by atoms with Gasteiger partial charge in [0, 0.05) is 6.04 Å². The molecule has 0 aliphatic heterocycles. The molecule has 8 heteroatoms. The van der Waals surface area contributed by atoms with E-state index in [4.69, 9.17) is 5.73 Å². The number of nitrogens with zero attached hydrogens (tertiary/aromatic N) is 1. The third-order valence-electron chi connectivity index (χ3n) is 3.52. The van der Waals surface area contributed by atoms with E-state index in [1.54, 1.807) is 0 Å². The predicted molar refractivity (Wildman–Crippen MR) is 92.7 cm³/mol. The summed E-state index contributed by atoms with van der Waals surface area (Å²) in [5, 5.41) is 5.09. The van der Waals surface area contributed by atoms with Crippen LogP contribution in [0.3, 0.4) is 0 Å². The fourth-order valence-corrected chi connectivity index (χ4v) is 2.17. The number of carbonyl (C=O) groups excluding carboxylic acids is 1. The SMILES string of the molecule is CC(C)CCCC(C)NC(N)=NCC(=O)Nc1ccc(F)c(F)c1F. The summed E-state index contributed by atoms with van der Waals surface area (Å²) in [5.41, 5.74) is 5.25. The number of hydrogen-bond acceptors (Lipinski definition) is 2. The van der Waals surface area contributed by atoms with Crippen molar-refractivity contribution in [1.29, 1.82) is 0 Å². The number of amides is 1. The van der Waals surface area contributed by atoms with Crippen LogP contribution < -0.4 is 16.4 Å². The van der Waals surface area contributed by atoms with Crippen LogP contribution in [0.5, 0.6) is 0 Å². The zero-order chi connectivity index (χ0) is 19.0. The maximum atomic E-state index is 13.5. The van der Waals surface area contributed by atoms with Gasteiger partial charge in [-0.2, -0.15) is 0 Å². The molecule has 1 aromatic carbocycles. The van der Waals surface area contributed by atoms with E-state index < -0.39 is 29.0 Å². The van der Waals surface area contributed by atoms with E-state index in [1.807, 2.05) is 6.92 Å². The third-order valence-corrected chi connectivity index (χ3v) is 3.52. The van der Waals surface area contributed by atoms with Crippen molar-refractivity contribution < 1.29 is 18.0 Å². The highest BCUT2D eigenvalue weighted by atomic mass is 19.2. The standard InChI is InChI=1S/C17H25F3N4O/c1-10(2)5-4-6-11(3)23-17(21)22-9-14(25)24-13-8-7-12(18)15(19)16(13)20/h7-8,10-11H,4-6,9H2,1-3H3,(H,24,25)(H3,21,22,23). The highest BCUT2D eigenvalue weighted by Crippen LogP contribution is 2.19. The number of nitrogens with one attached hydrogen (secondary N) is 2. The Hall–Kier alpha value is -2.25. The van der Waals surface area contributed by atoms with Crippen LogP contribution in [0.1, 0.15) is 40.0 Å². The quantitative estimate of drug-likeness (QED) is 0.379. The van der Waals surface area contributed by atoms with Crippen LogP contribution in [0.4, 0.5) is 18.9 Å². The molecule has 0 saturated carbocycles. The number of halogens is 3. The average Bonchev–Trinajstić information content (AvgIpc) is 2.53. The van der Waals surface area contributed by atoms with Crippen LogP contribution in [0.2, 0.25) is 0 Å². The number of carbonyl (C=O) groups is 1. The number of nitrogens with two attached hydrogens (primary N) is 1. The largest absolute Gasteiger partial charge is 0.370 e. The summed E-state index contributed by atoms with van der Waals surface area (Å²) in [5.74, 6) is -4.38. The van der Waals surface area contributed by atoms with Crippen LogP contribution >= 0.6 is 0 Å². The Bertz CT molecular complexity index is 620. The lowest BCUT2D eigenvalue weighted by atomic mass is 10.0. The molecule has 1 atom stereocenters. The van der Waals surface area contributed by atoms with E-state index in [2.05, 4.69) is 29.5 Å². The van der Waals surface area contributed by atoms with Crippen molar-refractivity contribution in [3.05, 3.63) is 29.6 Å². The molecule has 0 bridgehead atoms. The fraction of sp³-hybridized carbons (Fsp3) is 0.529. The molecular weight excluding hydrogens is 333 g/mol. The number of anilines is 1. The van der Waals surface area contributed by atoms with Crippen LogP contribution in [-0.4, -0.2) is 24.5 Å². The lowest BCUT2D eigenvalue weighted by molar-refractivity contribution is -0.114. The Morgan fingerprint density at radius 2 is 1.84 bits per heavy atom. The summed E-state index contributed by atoms with van der Waals surface area (Å²) >= 11 is 0. The van der Waals surface area contributed by atoms with Gasteiger partial charge in [0.05, 0.1) is 5.69 Å². The summed E-state index contributed by atoms with van der Waals surface area (Å²) in [6.45, 7) is 5.90. The molecule has 1 aromatic rings. The van der Waals surface area contributed by atoms with E-state index >= 15 is 0 Å². The second-order valence-corrected chi connectivity index (χ2v) is 6.34. The van der Waals surface area contributed by atoms with Crippen LogP contribution in [0, 0.1) is 23.4 Å². The minimum absolute atomic E-state index is 0.0953. The Balaban J connectivity index is 2.46. The Kier molecular flexibility index (Phi) is 8.24. The van der Waals surface area contributed by atoms with Gasteiger partial charge in [0.15, 0.2) is 23.4 Å². The second-order valence-electron chi connectivity index (χ2n) is 6.34. The molecule has 1 rings (SSSR count). The fourth-order valence-electron chi connectivity index (χ4n) is 2.17. The van der Waals surface area contributed by atoms with E-state index in [0.717, 1.165) is 31.4 Å². The van der Waals surface area contributed by atoms with E-state index in [0.29, 0.717) is 5.92 Å². The minimum Gasteiger partial charge on any atom is -0.370 e. The normalized spacial score (nSPS) is 13.0. The second kappa shape index (κ2) is 9.90. The average molecular weight is 358 g/mol. The zero-order valence-electron chi connectivity index (χ0n) is 14.7. The monoisotopic (exact) mass is 358 g/mol. The van der Waals surface area contributed by atoms with Crippen LogP contribution in [0.15, 0.2) is 17.1 Å². The lowest BCUT2D eigenvalue weighted by Crippen LogP contribution is -2.39. The van der Waals surface area contributed by atoms with Crippen molar-refractivity contribution in [2.75, 3.05) is 11.9 Å². The van der Waals surface area contributed by atoms with Gasteiger partial charge in [-0.3, -0.25) is 4.79 Å². The molecular formula is C17H25F3N4O. The maximum Gasteiger partial charge on any atom is 0.246 e. The topological polar surface area (TPSA) is 79.5 Å². The maximum absolute atomic E-state index is 13.5. The molecule has 140 valence electrons. The van der Waals surface area contributed by atoms with Gasteiger partial charge in [0.25, 0.3) is 0 Å². The molecule has 0 aliphatic carbocycles. The van der Waals surface area contributed by atoms with Gasteiger partial charge in [0.2, 0.25) is 5.91 Å². The Labute approximate surface area is 145 Å². The summed E-state index contributed by atoms with van der Waals surface area (Å²) in [7, 11) is 0. The molecule has 0 fully saturated rings. The Morgan fingerprint density at radius 1 is 1.16 bits per heavy atom. The summed E-state index contributed by atoms with van der Waals surface area (Å²) in [6, 6.07) is 1.77. The van der Waals surface area contributed by atoms with E-state index in [-0.39, 0.29) is 18.5 Å². The molecule has 0 aromatic heterocycles. The molecule has 1 unspecified atom stereocenters. The summed E-state index contributed by atoms with van der Waals surface area (Å²) in [4.78, 5) is 15.6. The Morgan fingerprint density at radius 3 is 2.48 bits per heavy atom. The van der Waals surface area contributed by atoms with Crippen molar-refractivity contribution in [3.63, 3.8) is 0 Å². The van der Waals surface area contributed by atoms with Crippen molar-refractivity contribution in [3.8, 4) is 0 Å². The minimum atomic E-state index is -1.64. The number of rotatable bonds is 8. The summed E-state index contributed by atoms with van der Waals surface area (Å²) < 4.78 is 39.4. The smallest absolute Gasteiger partial charge is 0.246 e. The number of benzene rings is 1. The van der Waals surface area contributed by atoms with Crippen LogP contribution in [-0.2, 0) is 4.79 Å². The molecule has 0 aliphatic rings. The number of aliphatic imine (C=N–C) groups is 1. The van der Waals surface area contributed by atoms with Crippen LogP contribution in [0.25, 0.3) is 0 Å². The zero-order valence-corrected chi connectivity index (χ0v) is 14.7.